The number of para-hydroxylation sites is 1. The van der Waals surface area contributed by atoms with Gasteiger partial charge in [-0.2, -0.15) is 0 Å². The maximum Gasteiger partial charge on any atom is 0.259 e. The van der Waals surface area contributed by atoms with E-state index in [-0.39, 0.29) is 5.91 Å². The van der Waals surface area contributed by atoms with E-state index in [1.807, 2.05) is 54.3 Å². The molecule has 0 unspecified atom stereocenters. The minimum Gasteiger partial charge on any atom is -0.354 e. The highest BCUT2D eigenvalue weighted by Crippen LogP contribution is 2.29. The Bertz CT molecular complexity index is 1000. The van der Waals surface area contributed by atoms with Crippen molar-refractivity contribution in [3.05, 3.63) is 82.6 Å². The van der Waals surface area contributed by atoms with E-state index in [4.69, 9.17) is 11.6 Å². The predicted octanol–water partition coefficient (Wildman–Crippen LogP) is 5.38. The number of benzene rings is 2. The molecular formula is C22H20ClN3O. The number of hydrogen-bond acceptors (Lipinski definition) is 3. The Morgan fingerprint density at radius 3 is 2.81 bits per heavy atom. The minimum absolute atomic E-state index is 0.0276. The summed E-state index contributed by atoms with van der Waals surface area (Å²) in [6, 6.07) is 15.7. The van der Waals surface area contributed by atoms with Gasteiger partial charge in [-0.3, -0.25) is 9.78 Å². The van der Waals surface area contributed by atoms with Crippen molar-refractivity contribution >= 4 is 34.6 Å². The number of nitrogens with zero attached hydrogens (tertiary/aromatic N) is 2. The Hall–Kier alpha value is -2.85. The molecule has 0 fully saturated rings. The number of pyridine rings is 1. The van der Waals surface area contributed by atoms with Crippen molar-refractivity contribution in [2.75, 3.05) is 16.8 Å². The molecule has 136 valence electrons. The van der Waals surface area contributed by atoms with Gasteiger partial charge < -0.3 is 10.2 Å². The number of nitrogens with one attached hydrogen (secondary N) is 1. The molecule has 1 aliphatic rings. The van der Waals surface area contributed by atoms with Crippen molar-refractivity contribution in [2.45, 2.75) is 19.8 Å². The molecule has 4 rings (SSSR count). The van der Waals surface area contributed by atoms with Crippen LogP contribution in [0.4, 0.5) is 17.1 Å². The first-order chi connectivity index (χ1) is 13.1. The Labute approximate surface area is 163 Å². The lowest BCUT2D eigenvalue weighted by molar-refractivity contribution is 0.0985. The molecule has 0 saturated carbocycles. The average molecular weight is 378 g/mol. The minimum atomic E-state index is -0.0276. The third kappa shape index (κ3) is 3.67. The highest BCUT2D eigenvalue weighted by Gasteiger charge is 2.23. The van der Waals surface area contributed by atoms with Gasteiger partial charge in [0.25, 0.3) is 5.91 Å². The van der Waals surface area contributed by atoms with Gasteiger partial charge in [-0.1, -0.05) is 35.9 Å². The smallest absolute Gasteiger partial charge is 0.259 e. The van der Waals surface area contributed by atoms with Crippen LogP contribution < -0.4 is 10.2 Å². The van der Waals surface area contributed by atoms with Gasteiger partial charge in [0.2, 0.25) is 0 Å². The molecule has 1 amide bonds. The summed E-state index contributed by atoms with van der Waals surface area (Å²) >= 11 is 6.19. The van der Waals surface area contributed by atoms with Crippen LogP contribution in [0.5, 0.6) is 0 Å². The highest BCUT2D eigenvalue weighted by atomic mass is 35.5. The zero-order valence-corrected chi connectivity index (χ0v) is 15.8. The van der Waals surface area contributed by atoms with E-state index in [2.05, 4.69) is 16.4 Å². The largest absolute Gasteiger partial charge is 0.354 e. The summed E-state index contributed by atoms with van der Waals surface area (Å²) in [7, 11) is 0. The lowest BCUT2D eigenvalue weighted by Gasteiger charge is -2.29. The average Bonchev–Trinajstić information content (AvgIpc) is 2.70. The Morgan fingerprint density at radius 1 is 1.11 bits per heavy atom. The predicted molar refractivity (Wildman–Crippen MR) is 110 cm³/mol. The first-order valence-electron chi connectivity index (χ1n) is 9.00. The zero-order chi connectivity index (χ0) is 18.8. The second kappa shape index (κ2) is 7.41. The molecule has 2 heterocycles. The molecule has 0 aliphatic carbocycles. The van der Waals surface area contributed by atoms with Gasteiger partial charge in [-0.05, 0) is 55.2 Å². The quantitative estimate of drug-likeness (QED) is 0.666. The van der Waals surface area contributed by atoms with Crippen LogP contribution in [0.2, 0.25) is 5.02 Å². The van der Waals surface area contributed by atoms with E-state index in [0.717, 1.165) is 42.0 Å². The van der Waals surface area contributed by atoms with Crippen molar-refractivity contribution in [1.82, 2.24) is 4.98 Å². The molecule has 0 radical (unpaired) electrons. The normalized spacial score (nSPS) is 13.2. The van der Waals surface area contributed by atoms with Crippen LogP contribution in [0.25, 0.3) is 0 Å². The van der Waals surface area contributed by atoms with Crippen LogP contribution in [0.15, 0.2) is 60.9 Å². The number of carbonyl (C=O) groups is 1. The molecule has 0 atom stereocenters. The van der Waals surface area contributed by atoms with Crippen molar-refractivity contribution in [3.8, 4) is 0 Å². The summed E-state index contributed by atoms with van der Waals surface area (Å²) in [5.74, 6) is -0.0276. The Morgan fingerprint density at radius 2 is 1.96 bits per heavy atom. The topological polar surface area (TPSA) is 45.2 Å². The second-order valence-electron chi connectivity index (χ2n) is 6.74. The van der Waals surface area contributed by atoms with Crippen LogP contribution in [0.1, 0.15) is 27.9 Å². The molecule has 0 saturated heterocycles. The summed E-state index contributed by atoms with van der Waals surface area (Å²) in [6.45, 7) is 2.69. The van der Waals surface area contributed by atoms with Gasteiger partial charge >= 0.3 is 0 Å². The molecule has 1 aromatic heterocycles. The number of carbonyl (C=O) groups excluding carboxylic acids is 1. The molecule has 0 bridgehead atoms. The number of aryl methyl sites for hydroxylation is 2. The van der Waals surface area contributed by atoms with Crippen LogP contribution in [0.3, 0.4) is 0 Å². The van der Waals surface area contributed by atoms with Crippen LogP contribution in [-0.4, -0.2) is 17.4 Å². The fourth-order valence-corrected chi connectivity index (χ4v) is 3.54. The summed E-state index contributed by atoms with van der Waals surface area (Å²) in [5.41, 5.74) is 5.42. The fraction of sp³-hybridized carbons (Fsp3) is 0.182. The van der Waals surface area contributed by atoms with Gasteiger partial charge in [0, 0.05) is 29.1 Å². The molecule has 3 aromatic rings. The highest BCUT2D eigenvalue weighted by molar-refractivity contribution is 6.31. The van der Waals surface area contributed by atoms with E-state index in [1.165, 1.54) is 5.56 Å². The summed E-state index contributed by atoms with van der Waals surface area (Å²) in [6.07, 6.45) is 5.30. The van der Waals surface area contributed by atoms with Crippen molar-refractivity contribution in [2.24, 2.45) is 0 Å². The number of fused-ring (bicyclic) bond motifs is 1. The SMILES string of the molecule is Cc1ccc(Nc2cncc(C(=O)N3CCCc4ccccc43)c2)cc1Cl. The van der Waals surface area contributed by atoms with Crippen LogP contribution >= 0.6 is 11.6 Å². The molecule has 2 aromatic carbocycles. The van der Waals surface area contributed by atoms with Gasteiger partial charge in [-0.25, -0.2) is 0 Å². The maximum absolute atomic E-state index is 13.1. The number of hydrogen-bond donors (Lipinski definition) is 1. The number of aromatic nitrogens is 1. The van der Waals surface area contributed by atoms with Crippen molar-refractivity contribution < 1.29 is 4.79 Å². The van der Waals surface area contributed by atoms with E-state index in [0.29, 0.717) is 10.6 Å². The number of rotatable bonds is 3. The van der Waals surface area contributed by atoms with Gasteiger partial charge in [0.05, 0.1) is 17.4 Å². The fourth-order valence-electron chi connectivity index (χ4n) is 3.36. The second-order valence-corrected chi connectivity index (χ2v) is 7.15. The van der Waals surface area contributed by atoms with E-state index in [1.54, 1.807) is 12.4 Å². The van der Waals surface area contributed by atoms with E-state index >= 15 is 0 Å². The number of halogens is 1. The van der Waals surface area contributed by atoms with Crippen LogP contribution in [-0.2, 0) is 6.42 Å². The lowest BCUT2D eigenvalue weighted by atomic mass is 10.0. The summed E-state index contributed by atoms with van der Waals surface area (Å²) < 4.78 is 0. The first-order valence-corrected chi connectivity index (χ1v) is 9.37. The molecule has 4 nitrogen and oxygen atoms in total. The molecular weight excluding hydrogens is 358 g/mol. The van der Waals surface area contributed by atoms with Gasteiger partial charge in [0.15, 0.2) is 0 Å². The maximum atomic E-state index is 13.1. The molecule has 27 heavy (non-hydrogen) atoms. The standard InChI is InChI=1S/C22H20ClN3O/c1-15-8-9-18(12-20(15)23)25-19-11-17(13-24-14-19)22(27)26-10-4-6-16-5-2-3-7-21(16)26/h2-3,5,7-9,11-14,25H,4,6,10H2,1H3. The summed E-state index contributed by atoms with van der Waals surface area (Å²) in [5, 5.41) is 3.97. The molecule has 0 spiro atoms. The third-order valence-corrected chi connectivity index (χ3v) is 5.21. The Kier molecular flexibility index (Phi) is 4.82. The molecule has 5 heteroatoms. The van der Waals surface area contributed by atoms with Crippen molar-refractivity contribution in [3.63, 3.8) is 0 Å². The van der Waals surface area contributed by atoms with Crippen LogP contribution in [0, 0.1) is 6.92 Å². The van der Waals surface area contributed by atoms with Crippen molar-refractivity contribution in [1.29, 1.82) is 0 Å². The monoisotopic (exact) mass is 377 g/mol. The molecule has 1 N–H and O–H groups in total. The number of anilines is 3. The van der Waals surface area contributed by atoms with E-state index < -0.39 is 0 Å². The number of amides is 1. The third-order valence-electron chi connectivity index (χ3n) is 4.80. The summed E-state index contributed by atoms with van der Waals surface area (Å²) in [4.78, 5) is 19.2. The molecule has 1 aliphatic heterocycles. The van der Waals surface area contributed by atoms with E-state index in [9.17, 15) is 4.79 Å². The van der Waals surface area contributed by atoms with Gasteiger partial charge in [-0.15, -0.1) is 0 Å². The lowest BCUT2D eigenvalue weighted by Crippen LogP contribution is -2.35. The first kappa shape index (κ1) is 17.6. The van der Waals surface area contributed by atoms with Gasteiger partial charge in [0.1, 0.15) is 0 Å². The Balaban J connectivity index is 1.59. The zero-order valence-electron chi connectivity index (χ0n) is 15.1.